The molecule has 0 aliphatic rings. The van der Waals surface area contributed by atoms with E-state index in [1.807, 2.05) is 0 Å². The van der Waals surface area contributed by atoms with E-state index < -0.39 is 40.2 Å². The summed E-state index contributed by atoms with van der Waals surface area (Å²) < 4.78 is 67.2. The van der Waals surface area contributed by atoms with Crippen LogP contribution in [0.4, 0.5) is 33.3 Å². The highest BCUT2D eigenvalue weighted by molar-refractivity contribution is 5.93. The quantitative estimate of drug-likeness (QED) is 0.411. The van der Waals surface area contributed by atoms with Crippen molar-refractivity contribution in [2.45, 2.75) is 0 Å². The van der Waals surface area contributed by atoms with Crippen LogP contribution in [0.25, 0.3) is 11.1 Å². The molecule has 0 fully saturated rings. The smallest absolute Gasteiger partial charge is 0.213 e. The van der Waals surface area contributed by atoms with Gasteiger partial charge in [-0.2, -0.15) is 0 Å². The third kappa shape index (κ3) is 2.19. The van der Waals surface area contributed by atoms with E-state index in [1.54, 1.807) is 30.3 Å². The third-order valence-corrected chi connectivity index (χ3v) is 3.54. The summed E-state index contributed by atoms with van der Waals surface area (Å²) in [5, 5.41) is 0. The fourth-order valence-electron chi connectivity index (χ4n) is 2.35. The van der Waals surface area contributed by atoms with Crippen LogP contribution in [-0.4, -0.2) is 7.05 Å². The van der Waals surface area contributed by atoms with Gasteiger partial charge in [-0.1, -0.05) is 30.3 Å². The molecular weight excluding hydrogens is 317 g/mol. The van der Waals surface area contributed by atoms with Gasteiger partial charge in [0.05, 0.1) is 5.56 Å². The summed E-state index contributed by atoms with van der Waals surface area (Å²) in [5.41, 5.74) is -1.10. The molecule has 0 unspecified atom stereocenters. The average molecular weight is 325 g/mol. The van der Waals surface area contributed by atoms with Crippen molar-refractivity contribution in [3.63, 3.8) is 0 Å². The fourth-order valence-corrected chi connectivity index (χ4v) is 2.35. The Morgan fingerprint density at radius 3 is 1.74 bits per heavy atom. The molecule has 7 heteroatoms. The maximum Gasteiger partial charge on any atom is 0.213 e. The molecule has 0 amide bonds. The second-order valence-electron chi connectivity index (χ2n) is 4.90. The predicted octanol–water partition coefficient (Wildman–Crippen LogP) is 4.05. The van der Waals surface area contributed by atoms with Gasteiger partial charge in [-0.05, 0) is 5.56 Å². The van der Waals surface area contributed by atoms with Gasteiger partial charge in [0.1, 0.15) is 11.4 Å². The molecule has 0 aromatic heterocycles. The first-order chi connectivity index (χ1) is 10.9. The molecule has 118 valence electrons. The summed E-state index contributed by atoms with van der Waals surface area (Å²) in [6.45, 7) is 0. The van der Waals surface area contributed by atoms with E-state index in [4.69, 9.17) is 0 Å². The Balaban J connectivity index is 2.11. The summed E-state index contributed by atoms with van der Waals surface area (Å²) >= 11 is 0. The minimum absolute atomic E-state index is 0.112. The normalized spacial score (nSPS) is 11.2. The lowest BCUT2D eigenvalue weighted by atomic mass is 10.2. The lowest BCUT2D eigenvalue weighted by Gasteiger charge is -2.17. The maximum atomic E-state index is 13.8. The highest BCUT2D eigenvalue weighted by Gasteiger charge is 2.34. The Kier molecular flexibility index (Phi) is 3.43. The lowest BCUT2D eigenvalue weighted by Crippen LogP contribution is -2.16. The molecule has 0 radical (unpaired) electrons. The van der Waals surface area contributed by atoms with E-state index in [0.717, 1.165) is 7.05 Å². The van der Waals surface area contributed by atoms with Crippen LogP contribution in [0.5, 0.6) is 0 Å². The van der Waals surface area contributed by atoms with E-state index in [9.17, 15) is 26.7 Å². The second kappa shape index (κ2) is 5.19. The number of hydrogen-bond acceptors (Lipinski definition) is 2. The van der Waals surface area contributed by atoms with Gasteiger partial charge in [0.25, 0.3) is 0 Å². The van der Waals surface area contributed by atoms with Crippen LogP contribution >= 0.6 is 0 Å². The Bertz CT molecular complexity index is 884. The molecule has 0 N–H and O–H groups in total. The second-order valence-corrected chi connectivity index (χ2v) is 4.90. The third-order valence-electron chi connectivity index (χ3n) is 3.54. The van der Waals surface area contributed by atoms with E-state index in [2.05, 4.69) is 0 Å². The first-order valence-electron chi connectivity index (χ1n) is 6.45. The standard InChI is InChI=1S/C16H8F5NO/c1-22(14-8(16(14)23)7-5-3-2-4-6-7)15-12(20)10(18)9(17)11(19)13(15)21/h2-6H,1H3. The number of hydrogen-bond donors (Lipinski definition) is 0. The lowest BCUT2D eigenvalue weighted by molar-refractivity contribution is 0.380. The van der Waals surface area contributed by atoms with Crippen LogP contribution in [0.2, 0.25) is 0 Å². The minimum Gasteiger partial charge on any atom is -0.336 e. The molecule has 0 spiro atoms. The number of halogens is 5. The summed E-state index contributed by atoms with van der Waals surface area (Å²) in [6.07, 6.45) is 0. The zero-order chi connectivity index (χ0) is 16.9. The van der Waals surface area contributed by atoms with Gasteiger partial charge in [-0.15, -0.1) is 0 Å². The van der Waals surface area contributed by atoms with Gasteiger partial charge in [0.2, 0.25) is 11.2 Å². The number of nitrogens with zero attached hydrogens (tertiary/aromatic N) is 1. The van der Waals surface area contributed by atoms with Crippen LogP contribution in [0.3, 0.4) is 0 Å². The topological polar surface area (TPSA) is 20.3 Å². The van der Waals surface area contributed by atoms with Crippen LogP contribution in [-0.2, 0) is 0 Å². The highest BCUT2D eigenvalue weighted by atomic mass is 19.2. The van der Waals surface area contributed by atoms with Gasteiger partial charge in [0.15, 0.2) is 23.3 Å². The first kappa shape index (κ1) is 15.2. The van der Waals surface area contributed by atoms with Crippen molar-refractivity contribution in [3.8, 4) is 11.1 Å². The van der Waals surface area contributed by atoms with E-state index in [-0.39, 0.29) is 11.3 Å². The van der Waals surface area contributed by atoms with Crippen molar-refractivity contribution in [1.29, 1.82) is 0 Å². The summed E-state index contributed by atoms with van der Waals surface area (Å²) in [5.74, 6) is -10.3. The van der Waals surface area contributed by atoms with Gasteiger partial charge >= 0.3 is 0 Å². The zero-order valence-electron chi connectivity index (χ0n) is 11.6. The van der Waals surface area contributed by atoms with Gasteiger partial charge in [-0.3, -0.25) is 4.79 Å². The Hall–Kier alpha value is -2.70. The zero-order valence-corrected chi connectivity index (χ0v) is 11.6. The van der Waals surface area contributed by atoms with Crippen molar-refractivity contribution in [2.75, 3.05) is 11.9 Å². The van der Waals surface area contributed by atoms with Gasteiger partial charge in [-0.25, -0.2) is 22.0 Å². The van der Waals surface area contributed by atoms with Crippen molar-refractivity contribution in [2.24, 2.45) is 0 Å². The molecule has 0 heterocycles. The molecular formula is C16H8F5NO. The fraction of sp³-hybridized carbons (Fsp3) is 0.0625. The Labute approximate surface area is 127 Å². The molecule has 0 saturated carbocycles. The summed E-state index contributed by atoms with van der Waals surface area (Å²) in [4.78, 5) is 12.6. The molecule has 0 aliphatic heterocycles. The largest absolute Gasteiger partial charge is 0.336 e. The van der Waals surface area contributed by atoms with E-state index >= 15 is 0 Å². The van der Waals surface area contributed by atoms with Crippen LogP contribution in [0.15, 0.2) is 35.1 Å². The van der Waals surface area contributed by atoms with E-state index in [1.165, 1.54) is 0 Å². The van der Waals surface area contributed by atoms with Crippen molar-refractivity contribution >= 4 is 11.4 Å². The monoisotopic (exact) mass is 325 g/mol. The maximum absolute atomic E-state index is 13.8. The first-order valence-corrected chi connectivity index (χ1v) is 6.45. The Morgan fingerprint density at radius 2 is 1.22 bits per heavy atom. The van der Waals surface area contributed by atoms with Crippen LogP contribution in [0.1, 0.15) is 0 Å². The summed E-state index contributed by atoms with van der Waals surface area (Å²) in [6, 6.07) is 8.23. The molecule has 23 heavy (non-hydrogen) atoms. The van der Waals surface area contributed by atoms with Crippen molar-refractivity contribution < 1.29 is 22.0 Å². The molecule has 3 aromatic carbocycles. The molecule has 0 atom stereocenters. The summed E-state index contributed by atoms with van der Waals surface area (Å²) in [7, 11) is 1.07. The average Bonchev–Trinajstić information content (AvgIpc) is 3.23. The Morgan fingerprint density at radius 1 is 0.739 bits per heavy atom. The molecule has 3 aromatic rings. The number of rotatable bonds is 3. The van der Waals surface area contributed by atoms with Crippen molar-refractivity contribution in [3.05, 3.63) is 69.6 Å². The van der Waals surface area contributed by atoms with Crippen LogP contribution < -0.4 is 10.3 Å². The van der Waals surface area contributed by atoms with Crippen LogP contribution in [0, 0.1) is 29.1 Å². The molecule has 2 nitrogen and oxygen atoms in total. The molecule has 0 bridgehead atoms. The molecule has 3 rings (SSSR count). The van der Waals surface area contributed by atoms with E-state index in [0.29, 0.717) is 10.5 Å². The SMILES string of the molecule is CN(c1c(F)c(F)c(F)c(F)c1F)c1c(-c2ccccc2)c1=O. The van der Waals surface area contributed by atoms with Gasteiger partial charge in [0, 0.05) is 7.05 Å². The molecule has 0 aliphatic carbocycles. The number of anilines is 2. The molecule has 0 saturated heterocycles. The number of benzene rings is 2. The van der Waals surface area contributed by atoms with Crippen molar-refractivity contribution in [1.82, 2.24) is 0 Å². The minimum atomic E-state index is -2.24. The predicted molar refractivity (Wildman–Crippen MR) is 74.8 cm³/mol. The van der Waals surface area contributed by atoms with Gasteiger partial charge < -0.3 is 4.90 Å². The highest BCUT2D eigenvalue weighted by Crippen LogP contribution is 2.39.